The van der Waals surface area contributed by atoms with Crippen molar-refractivity contribution in [2.24, 2.45) is 10.8 Å². The predicted octanol–water partition coefficient (Wildman–Crippen LogP) is 1.15. The number of hydrazone groups is 1. The lowest BCUT2D eigenvalue weighted by atomic mass is 10.2. The first-order valence-corrected chi connectivity index (χ1v) is 4.98. The van der Waals surface area contributed by atoms with E-state index in [0.717, 1.165) is 5.56 Å². The molecule has 0 spiro atoms. The Morgan fingerprint density at radius 1 is 1.44 bits per heavy atom. The molecule has 4 heteroatoms. The van der Waals surface area contributed by atoms with Crippen LogP contribution in [0.4, 0.5) is 0 Å². The molecule has 0 heterocycles. The highest BCUT2D eigenvalue weighted by atomic mass is 16.2. The number of benzene rings is 1. The van der Waals surface area contributed by atoms with Crippen molar-refractivity contribution in [2.45, 2.75) is 6.92 Å². The quantitative estimate of drug-likeness (QED) is 0.451. The standard InChI is InChI=1S/C12H15N3O/c1-10(9-13)14-15-12(16)8-7-11-5-3-2-4-6-11/h2-8H,9,13H2,1H3,(H,15,16). The van der Waals surface area contributed by atoms with Gasteiger partial charge in [0.2, 0.25) is 0 Å². The summed E-state index contributed by atoms with van der Waals surface area (Å²) in [6.07, 6.45) is 3.16. The molecule has 0 bridgehead atoms. The average molecular weight is 217 g/mol. The first-order valence-electron chi connectivity index (χ1n) is 4.98. The molecular weight excluding hydrogens is 202 g/mol. The first-order chi connectivity index (χ1) is 7.72. The molecule has 0 atom stereocenters. The number of nitrogens with one attached hydrogen (secondary N) is 1. The minimum Gasteiger partial charge on any atom is -0.325 e. The molecule has 0 aromatic heterocycles. The molecule has 1 amide bonds. The summed E-state index contributed by atoms with van der Waals surface area (Å²) in [7, 11) is 0. The van der Waals surface area contributed by atoms with E-state index in [-0.39, 0.29) is 5.91 Å². The Morgan fingerprint density at radius 3 is 2.75 bits per heavy atom. The summed E-state index contributed by atoms with van der Waals surface area (Å²) >= 11 is 0. The van der Waals surface area contributed by atoms with Crippen molar-refractivity contribution in [3.05, 3.63) is 42.0 Å². The maximum absolute atomic E-state index is 11.3. The predicted molar refractivity (Wildman–Crippen MR) is 65.8 cm³/mol. The van der Waals surface area contributed by atoms with Crippen LogP contribution in [0, 0.1) is 0 Å². The van der Waals surface area contributed by atoms with Crippen molar-refractivity contribution in [3.63, 3.8) is 0 Å². The normalized spacial score (nSPS) is 11.8. The molecule has 4 nitrogen and oxygen atoms in total. The second-order valence-electron chi connectivity index (χ2n) is 3.27. The van der Waals surface area contributed by atoms with Gasteiger partial charge in [-0.25, -0.2) is 5.43 Å². The van der Waals surface area contributed by atoms with Crippen LogP contribution in [0.2, 0.25) is 0 Å². The maximum Gasteiger partial charge on any atom is 0.264 e. The van der Waals surface area contributed by atoms with Gasteiger partial charge in [0.25, 0.3) is 5.91 Å². The minimum atomic E-state index is -0.267. The Labute approximate surface area is 94.8 Å². The summed E-state index contributed by atoms with van der Waals surface area (Å²) in [5.74, 6) is -0.267. The second-order valence-corrected chi connectivity index (χ2v) is 3.27. The Bertz CT molecular complexity index is 396. The zero-order chi connectivity index (χ0) is 11.8. The van der Waals surface area contributed by atoms with Crippen molar-refractivity contribution >= 4 is 17.7 Å². The topological polar surface area (TPSA) is 67.5 Å². The number of nitrogens with zero attached hydrogens (tertiary/aromatic N) is 1. The molecule has 0 saturated heterocycles. The third-order valence-electron chi connectivity index (χ3n) is 1.88. The molecule has 84 valence electrons. The van der Waals surface area contributed by atoms with E-state index < -0.39 is 0 Å². The van der Waals surface area contributed by atoms with Gasteiger partial charge in [-0.15, -0.1) is 0 Å². The molecule has 16 heavy (non-hydrogen) atoms. The second kappa shape index (κ2) is 6.53. The molecule has 1 aromatic rings. The highest BCUT2D eigenvalue weighted by molar-refractivity contribution is 5.93. The fraction of sp³-hybridized carbons (Fsp3) is 0.167. The Kier molecular flexibility index (Phi) is 4.95. The van der Waals surface area contributed by atoms with Crippen LogP contribution in [0.1, 0.15) is 12.5 Å². The van der Waals surface area contributed by atoms with Gasteiger partial charge in [-0.05, 0) is 18.6 Å². The summed E-state index contributed by atoms with van der Waals surface area (Å²) in [5, 5.41) is 3.80. The van der Waals surface area contributed by atoms with Crippen LogP contribution < -0.4 is 11.2 Å². The summed E-state index contributed by atoms with van der Waals surface area (Å²) in [6.45, 7) is 2.09. The zero-order valence-corrected chi connectivity index (χ0v) is 9.18. The van der Waals surface area contributed by atoms with E-state index in [9.17, 15) is 4.79 Å². The number of carbonyl (C=O) groups excluding carboxylic acids is 1. The molecule has 0 aliphatic heterocycles. The zero-order valence-electron chi connectivity index (χ0n) is 9.18. The molecule has 0 unspecified atom stereocenters. The number of rotatable bonds is 4. The summed E-state index contributed by atoms with van der Waals surface area (Å²) in [4.78, 5) is 11.3. The molecular formula is C12H15N3O. The van der Waals surface area contributed by atoms with Crippen LogP contribution in [-0.2, 0) is 4.79 Å². The first kappa shape index (κ1) is 12.1. The van der Waals surface area contributed by atoms with Gasteiger partial charge >= 0.3 is 0 Å². The third kappa shape index (κ3) is 4.52. The van der Waals surface area contributed by atoms with Crippen molar-refractivity contribution in [3.8, 4) is 0 Å². The number of amides is 1. The third-order valence-corrected chi connectivity index (χ3v) is 1.88. The fourth-order valence-electron chi connectivity index (χ4n) is 0.970. The van der Waals surface area contributed by atoms with Gasteiger partial charge < -0.3 is 5.73 Å². The lowest BCUT2D eigenvalue weighted by Crippen LogP contribution is -2.19. The van der Waals surface area contributed by atoms with Gasteiger partial charge in [-0.3, -0.25) is 4.79 Å². The van der Waals surface area contributed by atoms with E-state index in [1.165, 1.54) is 6.08 Å². The van der Waals surface area contributed by atoms with E-state index in [1.54, 1.807) is 13.0 Å². The molecule has 0 aliphatic rings. The van der Waals surface area contributed by atoms with Crippen LogP contribution in [0.15, 0.2) is 41.5 Å². The number of hydrogen-bond donors (Lipinski definition) is 2. The van der Waals surface area contributed by atoms with Crippen molar-refractivity contribution < 1.29 is 4.79 Å². The van der Waals surface area contributed by atoms with Crippen molar-refractivity contribution in [1.29, 1.82) is 0 Å². The average Bonchev–Trinajstić information content (AvgIpc) is 2.34. The highest BCUT2D eigenvalue weighted by Gasteiger charge is 1.92. The van der Waals surface area contributed by atoms with Crippen LogP contribution >= 0.6 is 0 Å². The van der Waals surface area contributed by atoms with Crippen molar-refractivity contribution in [1.82, 2.24) is 5.43 Å². The molecule has 3 N–H and O–H groups in total. The fourth-order valence-corrected chi connectivity index (χ4v) is 0.970. The van der Waals surface area contributed by atoms with Crippen LogP contribution in [-0.4, -0.2) is 18.2 Å². The smallest absolute Gasteiger partial charge is 0.264 e. The molecule has 0 aliphatic carbocycles. The van der Waals surface area contributed by atoms with E-state index >= 15 is 0 Å². The van der Waals surface area contributed by atoms with E-state index in [4.69, 9.17) is 5.73 Å². The van der Waals surface area contributed by atoms with E-state index in [2.05, 4.69) is 10.5 Å². The largest absolute Gasteiger partial charge is 0.325 e. The molecule has 1 rings (SSSR count). The van der Waals surface area contributed by atoms with Crippen LogP contribution in [0.5, 0.6) is 0 Å². The van der Waals surface area contributed by atoms with Crippen LogP contribution in [0.25, 0.3) is 6.08 Å². The lowest BCUT2D eigenvalue weighted by molar-refractivity contribution is -0.116. The monoisotopic (exact) mass is 217 g/mol. The molecule has 0 fully saturated rings. The molecule has 1 aromatic carbocycles. The van der Waals surface area contributed by atoms with E-state index in [1.807, 2.05) is 30.3 Å². The van der Waals surface area contributed by atoms with E-state index in [0.29, 0.717) is 12.3 Å². The van der Waals surface area contributed by atoms with Crippen LogP contribution in [0.3, 0.4) is 0 Å². The Balaban J connectivity index is 2.49. The number of carbonyl (C=O) groups is 1. The number of nitrogens with two attached hydrogens (primary N) is 1. The lowest BCUT2D eigenvalue weighted by Gasteiger charge is -1.96. The summed E-state index contributed by atoms with van der Waals surface area (Å²) in [5.41, 5.74) is 9.36. The summed E-state index contributed by atoms with van der Waals surface area (Å²) in [6, 6.07) is 9.57. The van der Waals surface area contributed by atoms with Gasteiger partial charge in [0, 0.05) is 18.3 Å². The molecule has 0 radical (unpaired) electrons. The molecule has 0 saturated carbocycles. The van der Waals surface area contributed by atoms with Gasteiger partial charge in [-0.2, -0.15) is 5.10 Å². The van der Waals surface area contributed by atoms with Gasteiger partial charge in [0.05, 0.1) is 0 Å². The highest BCUT2D eigenvalue weighted by Crippen LogP contribution is 2.00. The van der Waals surface area contributed by atoms with Gasteiger partial charge in [-0.1, -0.05) is 30.3 Å². The SMILES string of the molecule is CC(CN)=NNC(=O)C=Cc1ccccc1. The number of hydrogen-bond acceptors (Lipinski definition) is 3. The summed E-state index contributed by atoms with van der Waals surface area (Å²) < 4.78 is 0. The maximum atomic E-state index is 11.3. The Morgan fingerprint density at radius 2 is 2.12 bits per heavy atom. The van der Waals surface area contributed by atoms with Crippen molar-refractivity contribution in [2.75, 3.05) is 6.54 Å². The Hall–Kier alpha value is -1.94. The van der Waals surface area contributed by atoms with Gasteiger partial charge in [0.15, 0.2) is 0 Å². The minimum absolute atomic E-state index is 0.267. The van der Waals surface area contributed by atoms with Gasteiger partial charge in [0.1, 0.15) is 0 Å².